The average Bonchev–Trinajstić information content (AvgIpc) is 2.97. The number of methoxy groups -OCH3 is 1. The maximum atomic E-state index is 12.0. The minimum absolute atomic E-state index is 0.0201. The highest BCUT2D eigenvalue weighted by molar-refractivity contribution is 5.77. The Balaban J connectivity index is 1.52. The van der Waals surface area contributed by atoms with Gasteiger partial charge in [0.05, 0.1) is 7.11 Å². The Hall–Kier alpha value is -2.82. The van der Waals surface area contributed by atoms with Crippen molar-refractivity contribution in [3.05, 3.63) is 59.5 Å². The van der Waals surface area contributed by atoms with E-state index in [0.29, 0.717) is 25.3 Å². The molecule has 0 unspecified atom stereocenters. The molecule has 0 saturated heterocycles. The summed E-state index contributed by atoms with van der Waals surface area (Å²) >= 11 is 0. The summed E-state index contributed by atoms with van der Waals surface area (Å²) in [5.41, 5.74) is 3.66. The molecule has 0 bridgehead atoms. The predicted molar refractivity (Wildman–Crippen MR) is 91.9 cm³/mol. The van der Waals surface area contributed by atoms with Gasteiger partial charge in [-0.1, -0.05) is 18.2 Å². The molecule has 0 aliphatic rings. The standard InChI is InChI=1S/C19H20N2O3/c1-13-21-17-8-6-15(11-18(17)24-13)12-20-19(22)9-7-14-4-3-5-16(10-14)23-2/h3-6,8,10-11H,7,9,12H2,1-2H3,(H,20,22). The maximum Gasteiger partial charge on any atom is 0.220 e. The van der Waals surface area contributed by atoms with Crippen LogP contribution in [0.5, 0.6) is 5.75 Å². The van der Waals surface area contributed by atoms with Gasteiger partial charge in [0.15, 0.2) is 11.5 Å². The molecule has 0 aliphatic carbocycles. The number of aryl methyl sites for hydroxylation is 2. The molecule has 1 amide bonds. The van der Waals surface area contributed by atoms with E-state index in [9.17, 15) is 4.79 Å². The van der Waals surface area contributed by atoms with Crippen molar-refractivity contribution in [1.82, 2.24) is 10.3 Å². The van der Waals surface area contributed by atoms with Crippen molar-refractivity contribution in [3.8, 4) is 5.75 Å². The highest BCUT2D eigenvalue weighted by atomic mass is 16.5. The zero-order valence-electron chi connectivity index (χ0n) is 13.8. The summed E-state index contributed by atoms with van der Waals surface area (Å²) < 4.78 is 10.7. The number of carbonyl (C=O) groups is 1. The molecule has 0 atom stereocenters. The fourth-order valence-corrected chi connectivity index (χ4v) is 2.57. The number of fused-ring (bicyclic) bond motifs is 1. The quantitative estimate of drug-likeness (QED) is 0.755. The molecule has 5 nitrogen and oxygen atoms in total. The maximum absolute atomic E-state index is 12.0. The topological polar surface area (TPSA) is 64.4 Å². The van der Waals surface area contributed by atoms with Gasteiger partial charge in [-0.3, -0.25) is 4.79 Å². The highest BCUT2D eigenvalue weighted by Crippen LogP contribution is 2.17. The molecule has 1 heterocycles. The van der Waals surface area contributed by atoms with Crippen LogP contribution in [0.3, 0.4) is 0 Å². The Morgan fingerprint density at radius 2 is 2.08 bits per heavy atom. The fraction of sp³-hybridized carbons (Fsp3) is 0.263. The molecule has 1 N–H and O–H groups in total. The molecule has 0 aliphatic heterocycles. The predicted octanol–water partition coefficient (Wildman–Crippen LogP) is 3.39. The SMILES string of the molecule is COc1cccc(CCC(=O)NCc2ccc3nc(C)oc3c2)c1. The zero-order chi connectivity index (χ0) is 16.9. The third-order valence-electron chi connectivity index (χ3n) is 3.82. The summed E-state index contributed by atoms with van der Waals surface area (Å²) in [5.74, 6) is 1.47. The van der Waals surface area contributed by atoms with Crippen LogP contribution >= 0.6 is 0 Å². The van der Waals surface area contributed by atoms with Crippen molar-refractivity contribution < 1.29 is 13.9 Å². The van der Waals surface area contributed by atoms with Crippen LogP contribution in [0.25, 0.3) is 11.1 Å². The third-order valence-corrected chi connectivity index (χ3v) is 3.82. The second kappa shape index (κ2) is 7.17. The first-order valence-corrected chi connectivity index (χ1v) is 7.90. The number of hydrogen-bond donors (Lipinski definition) is 1. The summed E-state index contributed by atoms with van der Waals surface area (Å²) in [4.78, 5) is 16.3. The van der Waals surface area contributed by atoms with Crippen LogP contribution in [0.4, 0.5) is 0 Å². The van der Waals surface area contributed by atoms with Crippen LogP contribution in [0.15, 0.2) is 46.9 Å². The number of nitrogens with zero attached hydrogens (tertiary/aromatic N) is 1. The van der Waals surface area contributed by atoms with Gasteiger partial charge in [-0.25, -0.2) is 4.98 Å². The van der Waals surface area contributed by atoms with E-state index in [4.69, 9.17) is 9.15 Å². The van der Waals surface area contributed by atoms with Crippen molar-refractivity contribution in [2.75, 3.05) is 7.11 Å². The number of hydrogen-bond acceptors (Lipinski definition) is 4. The second-order valence-corrected chi connectivity index (χ2v) is 5.66. The number of rotatable bonds is 6. The van der Waals surface area contributed by atoms with Gasteiger partial charge in [0.25, 0.3) is 0 Å². The fourth-order valence-electron chi connectivity index (χ4n) is 2.57. The summed E-state index contributed by atoms with van der Waals surface area (Å²) in [7, 11) is 1.64. The molecular formula is C19H20N2O3. The van der Waals surface area contributed by atoms with Crippen LogP contribution in [0.2, 0.25) is 0 Å². The van der Waals surface area contributed by atoms with Gasteiger partial charge in [0.2, 0.25) is 5.91 Å². The van der Waals surface area contributed by atoms with Gasteiger partial charge in [-0.15, -0.1) is 0 Å². The molecular weight excluding hydrogens is 304 g/mol. The number of benzene rings is 2. The van der Waals surface area contributed by atoms with E-state index in [2.05, 4.69) is 10.3 Å². The van der Waals surface area contributed by atoms with E-state index in [1.807, 2.05) is 49.4 Å². The van der Waals surface area contributed by atoms with Crippen LogP contribution in [-0.4, -0.2) is 18.0 Å². The number of aromatic nitrogens is 1. The number of amides is 1. The Bertz CT molecular complexity index is 855. The third kappa shape index (κ3) is 3.93. The highest BCUT2D eigenvalue weighted by Gasteiger charge is 2.06. The van der Waals surface area contributed by atoms with E-state index in [0.717, 1.165) is 28.0 Å². The first-order chi connectivity index (χ1) is 11.6. The minimum atomic E-state index is 0.0201. The molecule has 1 aromatic heterocycles. The second-order valence-electron chi connectivity index (χ2n) is 5.66. The zero-order valence-corrected chi connectivity index (χ0v) is 13.8. The van der Waals surface area contributed by atoms with Crippen molar-refractivity contribution in [2.24, 2.45) is 0 Å². The molecule has 3 aromatic rings. The van der Waals surface area contributed by atoms with Crippen LogP contribution in [0.1, 0.15) is 23.4 Å². The van der Waals surface area contributed by atoms with Crippen LogP contribution in [0, 0.1) is 6.92 Å². The first kappa shape index (κ1) is 16.1. The molecule has 0 spiro atoms. The van der Waals surface area contributed by atoms with E-state index in [1.54, 1.807) is 7.11 Å². The van der Waals surface area contributed by atoms with Gasteiger partial charge in [0.1, 0.15) is 11.3 Å². The van der Waals surface area contributed by atoms with E-state index < -0.39 is 0 Å². The Kier molecular flexibility index (Phi) is 4.79. The molecule has 0 saturated carbocycles. The lowest BCUT2D eigenvalue weighted by Crippen LogP contribution is -2.22. The lowest BCUT2D eigenvalue weighted by molar-refractivity contribution is -0.121. The Morgan fingerprint density at radius 3 is 2.92 bits per heavy atom. The van der Waals surface area contributed by atoms with Gasteiger partial charge in [0, 0.05) is 19.9 Å². The van der Waals surface area contributed by atoms with E-state index >= 15 is 0 Å². The van der Waals surface area contributed by atoms with Crippen LogP contribution in [-0.2, 0) is 17.8 Å². The monoisotopic (exact) mass is 324 g/mol. The number of carbonyl (C=O) groups excluding carboxylic acids is 1. The summed E-state index contributed by atoms with van der Waals surface area (Å²) in [5, 5.41) is 2.94. The molecule has 5 heteroatoms. The van der Waals surface area contributed by atoms with E-state index in [-0.39, 0.29) is 5.91 Å². The molecule has 24 heavy (non-hydrogen) atoms. The number of ether oxygens (including phenoxy) is 1. The molecule has 3 rings (SSSR count). The number of nitrogens with one attached hydrogen (secondary N) is 1. The lowest BCUT2D eigenvalue weighted by atomic mass is 10.1. The first-order valence-electron chi connectivity index (χ1n) is 7.90. The molecule has 0 fully saturated rings. The summed E-state index contributed by atoms with van der Waals surface area (Å²) in [6.07, 6.45) is 1.13. The summed E-state index contributed by atoms with van der Waals surface area (Å²) in [6.45, 7) is 2.30. The molecule has 2 aromatic carbocycles. The van der Waals surface area contributed by atoms with Gasteiger partial charge in [-0.05, 0) is 41.8 Å². The van der Waals surface area contributed by atoms with Gasteiger partial charge >= 0.3 is 0 Å². The Morgan fingerprint density at radius 1 is 1.21 bits per heavy atom. The molecule has 0 radical (unpaired) electrons. The van der Waals surface area contributed by atoms with Crippen molar-refractivity contribution in [3.63, 3.8) is 0 Å². The van der Waals surface area contributed by atoms with Crippen molar-refractivity contribution in [1.29, 1.82) is 0 Å². The van der Waals surface area contributed by atoms with Gasteiger partial charge in [-0.2, -0.15) is 0 Å². The van der Waals surface area contributed by atoms with Gasteiger partial charge < -0.3 is 14.5 Å². The van der Waals surface area contributed by atoms with Crippen molar-refractivity contribution >= 4 is 17.0 Å². The number of oxazole rings is 1. The Labute approximate surface area is 140 Å². The van der Waals surface area contributed by atoms with Crippen molar-refractivity contribution in [2.45, 2.75) is 26.3 Å². The largest absolute Gasteiger partial charge is 0.497 e. The summed E-state index contributed by atoms with van der Waals surface area (Å²) in [6, 6.07) is 13.5. The minimum Gasteiger partial charge on any atom is -0.497 e. The lowest BCUT2D eigenvalue weighted by Gasteiger charge is -2.06. The molecule has 124 valence electrons. The average molecular weight is 324 g/mol. The normalized spacial score (nSPS) is 10.8. The van der Waals surface area contributed by atoms with E-state index in [1.165, 1.54) is 0 Å². The smallest absolute Gasteiger partial charge is 0.220 e. The van der Waals surface area contributed by atoms with Crippen LogP contribution < -0.4 is 10.1 Å².